The Morgan fingerprint density at radius 3 is 2.74 bits per heavy atom. The molecule has 19 heavy (non-hydrogen) atoms. The number of aryl methyl sites for hydroxylation is 1. The highest BCUT2D eigenvalue weighted by atomic mass is 16.6. The summed E-state index contributed by atoms with van der Waals surface area (Å²) in [5.74, 6) is -0.833. The number of aromatic nitrogens is 1. The molecule has 0 saturated heterocycles. The number of aliphatic carboxylic acids is 1. The summed E-state index contributed by atoms with van der Waals surface area (Å²) < 4.78 is 0.964. The van der Waals surface area contributed by atoms with Gasteiger partial charge in [0.05, 0.1) is 4.92 Å². The van der Waals surface area contributed by atoms with Gasteiger partial charge in [0.2, 0.25) is 0 Å². The summed E-state index contributed by atoms with van der Waals surface area (Å²) in [5.41, 5.74) is -1.16. The molecule has 7 nitrogen and oxygen atoms in total. The molecular weight excluding hydrogens is 252 g/mol. The van der Waals surface area contributed by atoms with Gasteiger partial charge in [-0.3, -0.25) is 19.5 Å². The molecule has 1 unspecified atom stereocenters. The van der Waals surface area contributed by atoms with E-state index in [0.717, 1.165) is 17.4 Å². The topological polar surface area (TPSA) is 102 Å². The molecule has 1 heterocycles. The second-order valence-electron chi connectivity index (χ2n) is 4.85. The zero-order valence-corrected chi connectivity index (χ0v) is 10.4. The fourth-order valence-corrected chi connectivity index (χ4v) is 2.10. The van der Waals surface area contributed by atoms with Crippen LogP contribution in [0, 0.1) is 23.0 Å². The molecule has 0 spiro atoms. The van der Waals surface area contributed by atoms with Crippen LogP contribution in [0.25, 0.3) is 0 Å². The highest BCUT2D eigenvalue weighted by Crippen LogP contribution is 2.36. The number of nitrogens with zero attached hydrogens (tertiary/aromatic N) is 2. The van der Waals surface area contributed by atoms with Crippen molar-refractivity contribution >= 4 is 11.7 Å². The van der Waals surface area contributed by atoms with Crippen LogP contribution >= 0.6 is 0 Å². The zero-order chi connectivity index (χ0) is 14.2. The number of pyridine rings is 1. The normalized spacial score (nSPS) is 16.1. The van der Waals surface area contributed by atoms with Gasteiger partial charge in [0.25, 0.3) is 0 Å². The molecule has 102 valence electrons. The molecule has 0 bridgehead atoms. The summed E-state index contributed by atoms with van der Waals surface area (Å²) in [7, 11) is 0. The predicted octanol–water partition coefficient (Wildman–Crippen LogP) is 1.49. The summed E-state index contributed by atoms with van der Waals surface area (Å²) in [4.78, 5) is 33.4. The number of carboxylic acid groups (broad SMARTS) is 1. The quantitative estimate of drug-likeness (QED) is 0.642. The van der Waals surface area contributed by atoms with Crippen LogP contribution in [0.15, 0.2) is 17.1 Å². The number of rotatable bonds is 5. The molecule has 1 aliphatic rings. The summed E-state index contributed by atoms with van der Waals surface area (Å²) in [5, 5.41) is 20.1. The fraction of sp³-hybridized carbons (Fsp3) is 0.500. The van der Waals surface area contributed by atoms with Gasteiger partial charge in [0.1, 0.15) is 6.04 Å². The zero-order valence-electron chi connectivity index (χ0n) is 10.4. The van der Waals surface area contributed by atoms with Crippen LogP contribution < -0.4 is 5.56 Å². The van der Waals surface area contributed by atoms with E-state index in [1.165, 1.54) is 19.2 Å². The summed E-state index contributed by atoms with van der Waals surface area (Å²) in [6.45, 7) is 1.46. The first-order valence-electron chi connectivity index (χ1n) is 6.00. The standard InChI is InChI=1S/C12H14N2O5/c1-7-4-5-13(11(15)10(7)14(18)19)9(12(16)17)6-8-2-3-8/h4-5,8-9H,2-3,6H2,1H3,(H,16,17). The molecule has 1 saturated carbocycles. The van der Waals surface area contributed by atoms with Crippen LogP contribution in [0.1, 0.15) is 30.9 Å². The smallest absolute Gasteiger partial charge is 0.336 e. The Morgan fingerprint density at radius 1 is 1.63 bits per heavy atom. The summed E-state index contributed by atoms with van der Waals surface area (Å²) in [6, 6.07) is 0.377. The molecule has 7 heteroatoms. The fourth-order valence-electron chi connectivity index (χ4n) is 2.10. The van der Waals surface area contributed by atoms with Crippen LogP contribution in [0.2, 0.25) is 0 Å². The molecule has 0 amide bonds. The Labute approximate surface area is 108 Å². The Bertz CT molecular complexity index is 588. The van der Waals surface area contributed by atoms with Crippen molar-refractivity contribution in [3.05, 3.63) is 38.3 Å². The van der Waals surface area contributed by atoms with Crippen molar-refractivity contribution in [3.63, 3.8) is 0 Å². The van der Waals surface area contributed by atoms with E-state index in [2.05, 4.69) is 0 Å². The lowest BCUT2D eigenvalue weighted by Crippen LogP contribution is -2.31. The van der Waals surface area contributed by atoms with Gasteiger partial charge in [-0.2, -0.15) is 0 Å². The van der Waals surface area contributed by atoms with Crippen LogP contribution in [-0.4, -0.2) is 20.6 Å². The molecule has 2 rings (SSSR count). The highest BCUT2D eigenvalue weighted by molar-refractivity contribution is 5.72. The first-order valence-corrected chi connectivity index (χ1v) is 6.00. The van der Waals surface area contributed by atoms with Gasteiger partial charge in [0.15, 0.2) is 0 Å². The van der Waals surface area contributed by atoms with Gasteiger partial charge in [-0.25, -0.2) is 4.79 Å². The summed E-state index contributed by atoms with van der Waals surface area (Å²) >= 11 is 0. The predicted molar refractivity (Wildman–Crippen MR) is 66.1 cm³/mol. The average molecular weight is 266 g/mol. The molecule has 0 aromatic carbocycles. The van der Waals surface area contributed by atoms with E-state index in [1.54, 1.807) is 0 Å². The Hall–Kier alpha value is -2.18. The molecule has 1 atom stereocenters. The Kier molecular flexibility index (Phi) is 3.37. The monoisotopic (exact) mass is 266 g/mol. The van der Waals surface area contributed by atoms with E-state index in [-0.39, 0.29) is 5.56 Å². The van der Waals surface area contributed by atoms with Crippen molar-refractivity contribution in [2.45, 2.75) is 32.2 Å². The van der Waals surface area contributed by atoms with Gasteiger partial charge in [-0.1, -0.05) is 12.8 Å². The molecular formula is C12H14N2O5. The van der Waals surface area contributed by atoms with Crippen molar-refractivity contribution < 1.29 is 14.8 Å². The van der Waals surface area contributed by atoms with Crippen molar-refractivity contribution in [1.82, 2.24) is 4.57 Å². The van der Waals surface area contributed by atoms with Gasteiger partial charge in [-0.05, 0) is 25.3 Å². The lowest BCUT2D eigenvalue weighted by molar-refractivity contribution is -0.387. The molecule has 1 aliphatic carbocycles. The number of carbonyl (C=O) groups is 1. The number of hydrogen-bond acceptors (Lipinski definition) is 4. The minimum Gasteiger partial charge on any atom is -0.480 e. The number of hydrogen-bond donors (Lipinski definition) is 1. The highest BCUT2D eigenvalue weighted by Gasteiger charge is 2.32. The third-order valence-electron chi connectivity index (χ3n) is 3.35. The van der Waals surface area contributed by atoms with E-state index in [9.17, 15) is 24.8 Å². The minimum absolute atomic E-state index is 0.238. The van der Waals surface area contributed by atoms with E-state index in [0.29, 0.717) is 12.3 Å². The number of carboxylic acids is 1. The van der Waals surface area contributed by atoms with Gasteiger partial charge < -0.3 is 5.11 Å². The molecule has 0 aliphatic heterocycles. The maximum absolute atomic E-state index is 12.0. The van der Waals surface area contributed by atoms with Gasteiger partial charge in [-0.15, -0.1) is 0 Å². The van der Waals surface area contributed by atoms with E-state index in [4.69, 9.17) is 0 Å². The van der Waals surface area contributed by atoms with Gasteiger partial charge in [0, 0.05) is 11.8 Å². The SMILES string of the molecule is Cc1ccn(C(CC2CC2)C(=O)O)c(=O)c1[N+](=O)[O-]. The van der Waals surface area contributed by atoms with Crippen molar-refractivity contribution in [2.24, 2.45) is 5.92 Å². The average Bonchev–Trinajstić information content (AvgIpc) is 3.10. The number of nitro groups is 1. The van der Waals surface area contributed by atoms with Crippen LogP contribution in [-0.2, 0) is 4.79 Å². The van der Waals surface area contributed by atoms with E-state index < -0.39 is 28.2 Å². The second-order valence-corrected chi connectivity index (χ2v) is 4.85. The molecule has 1 aromatic heterocycles. The molecule has 1 N–H and O–H groups in total. The van der Waals surface area contributed by atoms with Crippen LogP contribution in [0.4, 0.5) is 5.69 Å². The largest absolute Gasteiger partial charge is 0.480 e. The van der Waals surface area contributed by atoms with Gasteiger partial charge >= 0.3 is 17.2 Å². The molecule has 1 fully saturated rings. The molecule has 1 aromatic rings. The summed E-state index contributed by atoms with van der Waals surface area (Å²) in [6.07, 6.45) is 3.57. The van der Waals surface area contributed by atoms with Crippen molar-refractivity contribution in [2.75, 3.05) is 0 Å². The van der Waals surface area contributed by atoms with E-state index in [1.807, 2.05) is 0 Å². The first-order chi connectivity index (χ1) is 8.91. The molecule has 0 radical (unpaired) electrons. The van der Waals surface area contributed by atoms with Crippen LogP contribution in [0.3, 0.4) is 0 Å². The second kappa shape index (κ2) is 4.83. The third kappa shape index (κ3) is 2.64. The maximum Gasteiger partial charge on any atom is 0.336 e. The lowest BCUT2D eigenvalue weighted by Gasteiger charge is -2.15. The van der Waals surface area contributed by atoms with Crippen molar-refractivity contribution in [1.29, 1.82) is 0 Å². The lowest BCUT2D eigenvalue weighted by atomic mass is 10.1. The first kappa shape index (κ1) is 13.3. The Morgan fingerprint density at radius 2 is 2.26 bits per heavy atom. The van der Waals surface area contributed by atoms with Crippen molar-refractivity contribution in [3.8, 4) is 0 Å². The maximum atomic E-state index is 12.0. The van der Waals surface area contributed by atoms with Crippen LogP contribution in [0.5, 0.6) is 0 Å². The van der Waals surface area contributed by atoms with E-state index >= 15 is 0 Å². The Balaban J connectivity index is 2.47. The minimum atomic E-state index is -1.13. The third-order valence-corrected chi connectivity index (χ3v) is 3.35.